The molecule has 0 aliphatic carbocycles. The first kappa shape index (κ1) is 4.88. The molecule has 1 N–H and O–H groups in total. The number of nitrogens with zero attached hydrogens (tertiary/aromatic N) is 1. The van der Waals surface area contributed by atoms with Crippen molar-refractivity contribution in [3.63, 3.8) is 0 Å². The van der Waals surface area contributed by atoms with Crippen molar-refractivity contribution in [2.75, 3.05) is 0 Å². The van der Waals surface area contributed by atoms with Gasteiger partial charge in [-0.05, 0) is 6.07 Å². The molecule has 1 heterocycles. The van der Waals surface area contributed by atoms with E-state index in [0.29, 0.717) is 0 Å². The van der Waals surface area contributed by atoms with Crippen LogP contribution in [0.2, 0.25) is 0 Å². The van der Waals surface area contributed by atoms with Gasteiger partial charge in [-0.1, -0.05) is 6.58 Å². The maximum absolute atomic E-state index is 3.72. The zero-order valence-electron chi connectivity index (χ0n) is 4.39. The van der Waals surface area contributed by atoms with Crippen LogP contribution in [0.15, 0.2) is 24.6 Å². The van der Waals surface area contributed by atoms with Crippen LogP contribution < -0.4 is 0 Å². The highest BCUT2D eigenvalue weighted by molar-refractivity contribution is 5.41. The minimum atomic E-state index is 0.931. The normalized spacial score (nSPS) is 8.00. The van der Waals surface area contributed by atoms with Crippen LogP contribution in [0.5, 0.6) is 0 Å². The number of aromatic amines is 1. The van der Waals surface area contributed by atoms with Crippen LogP contribution in [-0.2, 0) is 0 Å². The Morgan fingerprint density at radius 3 is 3.25 bits per heavy atom. The Morgan fingerprint density at radius 1 is 1.88 bits per heavy atom. The quantitative estimate of drug-likeness (QED) is 0.535. The number of rotatable bonds is 1. The topological polar surface area (TPSA) is 28.7 Å². The average molecular weight is 106 g/mol. The molecule has 0 saturated heterocycles. The van der Waals surface area contributed by atoms with Gasteiger partial charge in [0, 0.05) is 12.3 Å². The number of aromatic nitrogens is 2. The van der Waals surface area contributed by atoms with Crippen LogP contribution in [0.25, 0.3) is 6.08 Å². The molecule has 0 saturated carbocycles. The Labute approximate surface area is 47.5 Å². The van der Waals surface area contributed by atoms with Crippen LogP contribution in [0, 0.1) is 0 Å². The third-order valence-corrected chi connectivity index (χ3v) is 0.780. The monoisotopic (exact) mass is 106 g/mol. The Hall–Kier alpha value is -1.27. The van der Waals surface area contributed by atoms with E-state index in [9.17, 15) is 0 Å². The summed E-state index contributed by atoms with van der Waals surface area (Å²) in [6, 6.07) is 1.85. The van der Waals surface area contributed by atoms with Crippen LogP contribution in [-0.4, -0.2) is 10.2 Å². The lowest BCUT2D eigenvalue weighted by Crippen LogP contribution is -1.66. The minimum absolute atomic E-state index is 0.931. The lowest BCUT2D eigenvalue weighted by atomic mass is 10.4. The molecule has 40 valence electrons. The van der Waals surface area contributed by atoms with Gasteiger partial charge in [0.1, 0.15) is 0 Å². The van der Waals surface area contributed by atoms with Gasteiger partial charge < -0.3 is 0 Å². The molecular weight excluding hydrogens is 100 g/mol. The molecule has 0 bridgehead atoms. The first-order chi connectivity index (χ1) is 3.93. The van der Waals surface area contributed by atoms with Gasteiger partial charge in [-0.2, -0.15) is 5.10 Å². The highest BCUT2D eigenvalue weighted by Gasteiger charge is 1.79. The van der Waals surface area contributed by atoms with Gasteiger partial charge >= 0.3 is 0 Å². The van der Waals surface area contributed by atoms with E-state index >= 15 is 0 Å². The summed E-state index contributed by atoms with van der Waals surface area (Å²) >= 11 is 0. The molecule has 0 atom stereocenters. The predicted octanol–water partition coefficient (Wildman–Crippen LogP) is 1.21. The van der Waals surface area contributed by atoms with Crippen molar-refractivity contribution in [1.29, 1.82) is 0 Å². The summed E-state index contributed by atoms with van der Waals surface area (Å²) in [6.07, 6.45) is 3.41. The Bertz CT molecular complexity index is 192. The van der Waals surface area contributed by atoms with E-state index in [2.05, 4.69) is 22.5 Å². The molecule has 0 radical (unpaired) electrons. The molecule has 0 fully saturated rings. The number of H-pyrrole nitrogens is 1. The smallest absolute Gasteiger partial charge is 0.0654 e. The van der Waals surface area contributed by atoms with Crippen molar-refractivity contribution in [1.82, 2.24) is 10.2 Å². The van der Waals surface area contributed by atoms with E-state index in [1.54, 1.807) is 12.3 Å². The molecule has 2 nitrogen and oxygen atoms in total. The number of hydrogen-bond acceptors (Lipinski definition) is 1. The van der Waals surface area contributed by atoms with E-state index in [1.807, 2.05) is 6.07 Å². The fourth-order valence-corrected chi connectivity index (χ4v) is 0.457. The van der Waals surface area contributed by atoms with Crippen molar-refractivity contribution in [3.8, 4) is 0 Å². The summed E-state index contributed by atoms with van der Waals surface area (Å²) < 4.78 is 0. The van der Waals surface area contributed by atoms with Gasteiger partial charge in [-0.25, -0.2) is 0 Å². The molecule has 1 aromatic rings. The summed E-state index contributed by atoms with van der Waals surface area (Å²) in [5, 5.41) is 6.45. The van der Waals surface area contributed by atoms with Gasteiger partial charge in [0.2, 0.25) is 0 Å². The summed E-state index contributed by atoms with van der Waals surface area (Å²) in [4.78, 5) is 0. The Balaban J connectivity index is 2.93. The Kier molecular flexibility index (Phi) is 1.31. The standard InChI is InChI=1S/C6H6N2/c1-2-3-6-4-5-7-8-6/h3-5H,1H2,(H,7,8). The van der Waals surface area contributed by atoms with Crippen molar-refractivity contribution in [3.05, 3.63) is 30.3 Å². The van der Waals surface area contributed by atoms with Gasteiger partial charge in [-0.3, -0.25) is 5.10 Å². The maximum atomic E-state index is 3.72. The SMILES string of the molecule is C=C=Cc1ccn[nH]1. The second kappa shape index (κ2) is 2.15. The first-order valence-corrected chi connectivity index (χ1v) is 2.28. The van der Waals surface area contributed by atoms with Crippen LogP contribution in [0.1, 0.15) is 5.69 Å². The summed E-state index contributed by atoms with van der Waals surface area (Å²) in [5.41, 5.74) is 3.55. The third-order valence-electron chi connectivity index (χ3n) is 0.780. The van der Waals surface area contributed by atoms with Gasteiger partial charge in [0.25, 0.3) is 0 Å². The minimum Gasteiger partial charge on any atom is -0.278 e. The average Bonchev–Trinajstić information content (AvgIpc) is 2.19. The van der Waals surface area contributed by atoms with Gasteiger partial charge in [0.05, 0.1) is 5.69 Å². The molecule has 0 amide bonds. The molecular formula is C6H6N2. The molecule has 0 aliphatic rings. The summed E-state index contributed by atoms with van der Waals surface area (Å²) in [5.74, 6) is 0. The van der Waals surface area contributed by atoms with Gasteiger partial charge in [0.15, 0.2) is 0 Å². The fourth-order valence-electron chi connectivity index (χ4n) is 0.457. The third kappa shape index (κ3) is 0.863. The van der Waals surface area contributed by atoms with Crippen molar-refractivity contribution < 1.29 is 0 Å². The highest BCUT2D eigenvalue weighted by Crippen LogP contribution is 1.90. The second-order valence-electron chi connectivity index (χ2n) is 1.36. The van der Waals surface area contributed by atoms with Crippen LogP contribution in [0.4, 0.5) is 0 Å². The number of nitrogens with one attached hydrogen (secondary N) is 1. The molecule has 0 aliphatic heterocycles. The molecule has 0 aromatic carbocycles. The van der Waals surface area contributed by atoms with Crippen LogP contribution in [0.3, 0.4) is 0 Å². The molecule has 0 spiro atoms. The summed E-state index contributed by atoms with van der Waals surface area (Å²) in [7, 11) is 0. The molecule has 1 aromatic heterocycles. The Morgan fingerprint density at radius 2 is 2.75 bits per heavy atom. The predicted molar refractivity (Wildman–Crippen MR) is 32.2 cm³/mol. The highest BCUT2D eigenvalue weighted by atomic mass is 15.1. The fraction of sp³-hybridized carbons (Fsp3) is 0. The maximum Gasteiger partial charge on any atom is 0.0654 e. The number of hydrogen-bond donors (Lipinski definition) is 1. The van der Waals surface area contributed by atoms with Gasteiger partial charge in [-0.15, -0.1) is 5.73 Å². The van der Waals surface area contributed by atoms with Crippen molar-refractivity contribution in [2.24, 2.45) is 0 Å². The zero-order chi connectivity index (χ0) is 5.82. The largest absolute Gasteiger partial charge is 0.278 e. The second-order valence-corrected chi connectivity index (χ2v) is 1.36. The lowest BCUT2D eigenvalue weighted by Gasteiger charge is -1.73. The van der Waals surface area contributed by atoms with E-state index in [1.165, 1.54) is 0 Å². The molecule has 2 heteroatoms. The molecule has 8 heavy (non-hydrogen) atoms. The van der Waals surface area contributed by atoms with E-state index in [0.717, 1.165) is 5.69 Å². The molecule has 1 rings (SSSR count). The first-order valence-electron chi connectivity index (χ1n) is 2.28. The lowest BCUT2D eigenvalue weighted by molar-refractivity contribution is 1.08. The van der Waals surface area contributed by atoms with E-state index < -0.39 is 0 Å². The molecule has 0 unspecified atom stereocenters. The van der Waals surface area contributed by atoms with Crippen LogP contribution >= 0.6 is 0 Å². The van der Waals surface area contributed by atoms with Crippen molar-refractivity contribution in [2.45, 2.75) is 0 Å². The van der Waals surface area contributed by atoms with E-state index in [4.69, 9.17) is 0 Å². The summed E-state index contributed by atoms with van der Waals surface area (Å²) in [6.45, 7) is 3.41. The van der Waals surface area contributed by atoms with E-state index in [-0.39, 0.29) is 0 Å². The zero-order valence-corrected chi connectivity index (χ0v) is 4.39. The van der Waals surface area contributed by atoms with Crippen molar-refractivity contribution >= 4 is 6.08 Å².